The Morgan fingerprint density at radius 1 is 1.75 bits per heavy atom. The summed E-state index contributed by atoms with van der Waals surface area (Å²) in [5, 5.41) is 0. The zero-order chi connectivity index (χ0) is 5.98. The number of hydrogen-bond acceptors (Lipinski definition) is 1. The van der Waals surface area contributed by atoms with Crippen molar-refractivity contribution in [2.24, 2.45) is 5.92 Å². The summed E-state index contributed by atoms with van der Waals surface area (Å²) in [6.07, 6.45) is 6.68. The van der Waals surface area contributed by atoms with E-state index in [1.54, 1.807) is 0 Å². The van der Waals surface area contributed by atoms with Crippen LogP contribution in [-0.2, 0) is 4.79 Å². The van der Waals surface area contributed by atoms with E-state index in [4.69, 9.17) is 0 Å². The minimum Gasteiger partial charge on any atom is -0.302 e. The van der Waals surface area contributed by atoms with Crippen LogP contribution < -0.4 is 0 Å². The average molecular weight is 220 g/mol. The van der Waals surface area contributed by atoms with Gasteiger partial charge < -0.3 is 4.79 Å². The van der Waals surface area contributed by atoms with Crippen molar-refractivity contribution in [1.29, 1.82) is 0 Å². The SMILES string of the molecule is O=CC1C=CC=C1I. The summed E-state index contributed by atoms with van der Waals surface area (Å²) >= 11 is 2.16. The van der Waals surface area contributed by atoms with Gasteiger partial charge in [0.25, 0.3) is 0 Å². The molecule has 0 amide bonds. The maximum absolute atomic E-state index is 10.1. The van der Waals surface area contributed by atoms with Crippen LogP contribution in [0.15, 0.2) is 21.8 Å². The molecule has 0 radical (unpaired) electrons. The van der Waals surface area contributed by atoms with Crippen LogP contribution in [0.2, 0.25) is 0 Å². The standard InChI is InChI=1S/C6H5IO/c7-6-3-1-2-5(6)4-8/h1-5H. The third kappa shape index (κ3) is 0.992. The van der Waals surface area contributed by atoms with E-state index < -0.39 is 0 Å². The molecular weight excluding hydrogens is 215 g/mol. The summed E-state index contributed by atoms with van der Waals surface area (Å²) < 4.78 is 1.11. The van der Waals surface area contributed by atoms with Gasteiger partial charge in [0.1, 0.15) is 6.29 Å². The van der Waals surface area contributed by atoms with Crippen molar-refractivity contribution in [3.63, 3.8) is 0 Å². The zero-order valence-corrected chi connectivity index (χ0v) is 6.33. The van der Waals surface area contributed by atoms with Gasteiger partial charge in [0.15, 0.2) is 0 Å². The van der Waals surface area contributed by atoms with E-state index in [0.717, 1.165) is 9.87 Å². The summed E-state index contributed by atoms with van der Waals surface area (Å²) in [6.45, 7) is 0. The lowest BCUT2D eigenvalue weighted by Crippen LogP contribution is -1.91. The Labute approximate surface area is 61.6 Å². The van der Waals surface area contributed by atoms with Gasteiger partial charge >= 0.3 is 0 Å². The summed E-state index contributed by atoms with van der Waals surface area (Å²) in [6, 6.07) is 0. The first-order valence-corrected chi connectivity index (χ1v) is 3.41. The summed E-state index contributed by atoms with van der Waals surface area (Å²) in [5.74, 6) is 0.0515. The first-order valence-electron chi connectivity index (χ1n) is 2.34. The fourth-order valence-electron chi connectivity index (χ4n) is 0.581. The number of carbonyl (C=O) groups excluding carboxylic acids is 1. The highest BCUT2D eigenvalue weighted by atomic mass is 127. The molecule has 2 heteroatoms. The highest BCUT2D eigenvalue weighted by Gasteiger charge is 2.08. The van der Waals surface area contributed by atoms with E-state index in [9.17, 15) is 4.79 Å². The van der Waals surface area contributed by atoms with Gasteiger partial charge in [-0.15, -0.1) is 0 Å². The Morgan fingerprint density at radius 2 is 2.50 bits per heavy atom. The van der Waals surface area contributed by atoms with Crippen LogP contribution in [0, 0.1) is 5.92 Å². The maximum Gasteiger partial charge on any atom is 0.131 e. The molecule has 0 aliphatic heterocycles. The molecule has 0 saturated carbocycles. The smallest absolute Gasteiger partial charge is 0.131 e. The van der Waals surface area contributed by atoms with E-state index in [-0.39, 0.29) is 5.92 Å². The molecule has 1 aliphatic rings. The number of carbonyl (C=O) groups is 1. The van der Waals surface area contributed by atoms with E-state index in [0.29, 0.717) is 0 Å². The van der Waals surface area contributed by atoms with Gasteiger partial charge in [-0.1, -0.05) is 18.2 Å². The topological polar surface area (TPSA) is 17.1 Å². The van der Waals surface area contributed by atoms with Crippen molar-refractivity contribution in [3.05, 3.63) is 21.8 Å². The fourth-order valence-corrected chi connectivity index (χ4v) is 1.14. The lowest BCUT2D eigenvalue weighted by molar-refractivity contribution is -0.108. The lowest BCUT2D eigenvalue weighted by atomic mass is 10.2. The normalized spacial score (nSPS) is 25.6. The number of allylic oxidation sites excluding steroid dienone is 4. The van der Waals surface area contributed by atoms with Gasteiger partial charge in [-0.05, 0) is 22.6 Å². The highest BCUT2D eigenvalue weighted by molar-refractivity contribution is 14.1. The second-order valence-electron chi connectivity index (χ2n) is 1.60. The van der Waals surface area contributed by atoms with Crippen molar-refractivity contribution in [1.82, 2.24) is 0 Å². The van der Waals surface area contributed by atoms with Gasteiger partial charge in [0, 0.05) is 3.58 Å². The Morgan fingerprint density at radius 3 is 2.75 bits per heavy atom. The molecule has 42 valence electrons. The van der Waals surface area contributed by atoms with Crippen LogP contribution in [0.5, 0.6) is 0 Å². The van der Waals surface area contributed by atoms with Gasteiger partial charge in [-0.2, -0.15) is 0 Å². The predicted octanol–water partition coefficient (Wildman–Crippen LogP) is 1.69. The Balaban J connectivity index is 2.71. The van der Waals surface area contributed by atoms with Crippen LogP contribution >= 0.6 is 22.6 Å². The minimum atomic E-state index is 0.0515. The molecule has 1 unspecified atom stereocenters. The first-order chi connectivity index (χ1) is 3.84. The van der Waals surface area contributed by atoms with E-state index >= 15 is 0 Å². The van der Waals surface area contributed by atoms with Crippen LogP contribution in [0.4, 0.5) is 0 Å². The summed E-state index contributed by atoms with van der Waals surface area (Å²) in [4.78, 5) is 10.1. The lowest BCUT2D eigenvalue weighted by Gasteiger charge is -1.93. The summed E-state index contributed by atoms with van der Waals surface area (Å²) in [5.41, 5.74) is 0. The molecule has 1 rings (SSSR count). The Bertz CT molecular complexity index is 158. The van der Waals surface area contributed by atoms with E-state index in [2.05, 4.69) is 22.6 Å². The molecule has 0 aromatic rings. The minimum absolute atomic E-state index is 0.0515. The Hall–Kier alpha value is -0.120. The van der Waals surface area contributed by atoms with E-state index in [1.165, 1.54) is 0 Å². The van der Waals surface area contributed by atoms with Gasteiger partial charge in [0.05, 0.1) is 5.92 Å². The molecule has 0 aromatic carbocycles. The molecule has 8 heavy (non-hydrogen) atoms. The third-order valence-corrected chi connectivity index (χ3v) is 2.12. The van der Waals surface area contributed by atoms with Crippen LogP contribution in [0.1, 0.15) is 0 Å². The van der Waals surface area contributed by atoms with Gasteiger partial charge in [0.2, 0.25) is 0 Å². The molecule has 0 heterocycles. The van der Waals surface area contributed by atoms with Crippen molar-refractivity contribution >= 4 is 28.9 Å². The van der Waals surface area contributed by atoms with Crippen molar-refractivity contribution in [3.8, 4) is 0 Å². The van der Waals surface area contributed by atoms with Gasteiger partial charge in [-0.3, -0.25) is 0 Å². The fraction of sp³-hybridized carbons (Fsp3) is 0.167. The second-order valence-corrected chi connectivity index (χ2v) is 2.84. The molecule has 0 aromatic heterocycles. The third-order valence-electron chi connectivity index (χ3n) is 1.04. The molecule has 1 aliphatic carbocycles. The Kier molecular flexibility index (Phi) is 1.83. The van der Waals surface area contributed by atoms with Crippen molar-refractivity contribution in [2.75, 3.05) is 0 Å². The monoisotopic (exact) mass is 220 g/mol. The first kappa shape index (κ1) is 6.01. The number of hydrogen-bond donors (Lipinski definition) is 0. The number of aldehydes is 1. The molecule has 0 fully saturated rings. The number of rotatable bonds is 1. The van der Waals surface area contributed by atoms with Crippen molar-refractivity contribution < 1.29 is 4.79 Å². The second kappa shape index (κ2) is 2.44. The quantitative estimate of drug-likeness (QED) is 0.485. The summed E-state index contributed by atoms with van der Waals surface area (Å²) in [7, 11) is 0. The van der Waals surface area contributed by atoms with Gasteiger partial charge in [-0.25, -0.2) is 0 Å². The largest absolute Gasteiger partial charge is 0.302 e. The average Bonchev–Trinajstić information content (AvgIpc) is 2.14. The molecular formula is C6H5IO. The van der Waals surface area contributed by atoms with Crippen LogP contribution in [-0.4, -0.2) is 6.29 Å². The molecule has 1 nitrogen and oxygen atoms in total. The van der Waals surface area contributed by atoms with E-state index in [1.807, 2.05) is 18.2 Å². The van der Waals surface area contributed by atoms with Crippen LogP contribution in [0.3, 0.4) is 0 Å². The predicted molar refractivity (Wildman–Crippen MR) is 40.8 cm³/mol. The molecule has 1 atom stereocenters. The molecule has 0 bridgehead atoms. The zero-order valence-electron chi connectivity index (χ0n) is 4.17. The molecule has 0 N–H and O–H groups in total. The highest BCUT2D eigenvalue weighted by Crippen LogP contribution is 2.22. The maximum atomic E-state index is 10.1. The van der Waals surface area contributed by atoms with Crippen molar-refractivity contribution in [2.45, 2.75) is 0 Å². The molecule has 0 spiro atoms. The number of halogens is 1. The molecule has 0 saturated heterocycles. The van der Waals surface area contributed by atoms with Crippen LogP contribution in [0.25, 0.3) is 0 Å².